The van der Waals surface area contributed by atoms with Crippen LogP contribution in [0.2, 0.25) is 0 Å². The Bertz CT molecular complexity index is 864. The van der Waals surface area contributed by atoms with Crippen molar-refractivity contribution < 1.29 is 18.3 Å². The van der Waals surface area contributed by atoms with E-state index in [-0.39, 0.29) is 18.3 Å². The number of rotatable bonds is 7. The van der Waals surface area contributed by atoms with Crippen molar-refractivity contribution in [3.63, 3.8) is 0 Å². The van der Waals surface area contributed by atoms with Gasteiger partial charge < -0.3 is 14.6 Å². The van der Waals surface area contributed by atoms with Crippen LogP contribution < -0.4 is 10.1 Å². The molecule has 0 aliphatic rings. The topological polar surface area (TPSA) is 71.9 Å². The molecule has 10 heteroatoms. The van der Waals surface area contributed by atoms with Gasteiger partial charge in [-0.3, -0.25) is 9.89 Å². The summed E-state index contributed by atoms with van der Waals surface area (Å²) < 4.78 is 32.3. The fourth-order valence-electron chi connectivity index (χ4n) is 2.24. The molecule has 2 N–H and O–H groups in total. The minimum absolute atomic E-state index is 0.0204. The molecule has 0 atom stereocenters. The van der Waals surface area contributed by atoms with Gasteiger partial charge in [0.1, 0.15) is 5.75 Å². The lowest BCUT2D eigenvalue weighted by atomic mass is 10.2. The van der Waals surface area contributed by atoms with E-state index in [1.54, 1.807) is 16.7 Å². The summed E-state index contributed by atoms with van der Waals surface area (Å²) in [6.07, 6.45) is 2.64. The zero-order valence-corrected chi connectivity index (χ0v) is 16.4. The van der Waals surface area contributed by atoms with Crippen molar-refractivity contribution in [3.05, 3.63) is 44.9 Å². The number of hydrogen-bond donors (Lipinski definition) is 2. The van der Waals surface area contributed by atoms with E-state index >= 15 is 0 Å². The molecule has 2 aromatic rings. The molecule has 2 rings (SSSR count). The van der Waals surface area contributed by atoms with Crippen LogP contribution in [0, 0.1) is 4.77 Å². The number of benzene rings is 1. The third-order valence-electron chi connectivity index (χ3n) is 3.32. The number of nitrogens with one attached hydrogen (secondary N) is 2. The largest absolute Gasteiger partial charge is 0.434 e. The van der Waals surface area contributed by atoms with Gasteiger partial charge in [-0.1, -0.05) is 15.9 Å². The van der Waals surface area contributed by atoms with Crippen molar-refractivity contribution in [2.75, 3.05) is 0 Å². The normalized spacial score (nSPS) is 11.5. The van der Waals surface area contributed by atoms with Crippen LogP contribution in [0.1, 0.15) is 31.3 Å². The van der Waals surface area contributed by atoms with Gasteiger partial charge in [-0.15, -0.1) is 0 Å². The number of nitrogens with zero attached hydrogens (tertiary/aromatic N) is 2. The van der Waals surface area contributed by atoms with E-state index in [4.69, 9.17) is 12.2 Å². The van der Waals surface area contributed by atoms with Crippen molar-refractivity contribution in [2.24, 2.45) is 0 Å². The van der Waals surface area contributed by atoms with Gasteiger partial charge in [-0.05, 0) is 50.3 Å². The van der Waals surface area contributed by atoms with E-state index in [9.17, 15) is 13.6 Å². The third-order valence-corrected chi connectivity index (χ3v) is 4.10. The number of amides is 1. The highest BCUT2D eigenvalue weighted by Gasteiger charge is 2.11. The van der Waals surface area contributed by atoms with Gasteiger partial charge in [0.15, 0.2) is 10.6 Å². The number of carbonyl (C=O) groups is 1. The average molecular weight is 447 g/mol. The number of ether oxygens (including phenoxy) is 1. The Kier molecular flexibility index (Phi) is 7.04. The quantitative estimate of drug-likeness (QED) is 0.493. The van der Waals surface area contributed by atoms with Crippen molar-refractivity contribution in [3.8, 4) is 5.75 Å². The highest BCUT2D eigenvalue weighted by Crippen LogP contribution is 2.25. The molecule has 0 bridgehead atoms. The fourth-order valence-corrected chi connectivity index (χ4v) is 2.98. The lowest BCUT2D eigenvalue weighted by Gasteiger charge is -2.10. The highest BCUT2D eigenvalue weighted by atomic mass is 79.9. The molecule has 0 aliphatic heterocycles. The Hall–Kier alpha value is -2.07. The van der Waals surface area contributed by atoms with Crippen molar-refractivity contribution in [2.45, 2.75) is 33.0 Å². The average Bonchev–Trinajstić information content (AvgIpc) is 2.93. The Morgan fingerprint density at radius 3 is 2.88 bits per heavy atom. The van der Waals surface area contributed by atoms with Gasteiger partial charge >= 0.3 is 6.61 Å². The van der Waals surface area contributed by atoms with Crippen molar-refractivity contribution in [1.29, 1.82) is 0 Å². The lowest BCUT2D eigenvalue weighted by Crippen LogP contribution is -2.23. The summed E-state index contributed by atoms with van der Waals surface area (Å²) in [6, 6.07) is 4.64. The smallest absolute Gasteiger partial charge is 0.387 e. The molecule has 0 saturated heterocycles. The number of alkyl halides is 2. The first-order valence-electron chi connectivity index (χ1n) is 7.64. The molecule has 1 aromatic heterocycles. The van der Waals surface area contributed by atoms with Gasteiger partial charge in [0, 0.05) is 22.2 Å². The lowest BCUT2D eigenvalue weighted by molar-refractivity contribution is -0.116. The molecule has 0 unspecified atom stereocenters. The summed E-state index contributed by atoms with van der Waals surface area (Å²) in [6.45, 7) is 1.13. The molecule has 6 nitrogen and oxygen atoms in total. The molecule has 26 heavy (non-hydrogen) atoms. The van der Waals surface area contributed by atoms with Crippen LogP contribution in [0.5, 0.6) is 5.75 Å². The first kappa shape index (κ1) is 20.2. The van der Waals surface area contributed by atoms with E-state index in [0.717, 1.165) is 0 Å². The van der Waals surface area contributed by atoms with Gasteiger partial charge in [-0.2, -0.15) is 13.9 Å². The molecule has 1 amide bonds. The number of H-pyrrole nitrogens is 1. The van der Waals surface area contributed by atoms with Crippen LogP contribution in [-0.2, 0) is 11.3 Å². The molecule has 0 aliphatic carbocycles. The van der Waals surface area contributed by atoms with E-state index in [1.807, 2.05) is 13.8 Å². The van der Waals surface area contributed by atoms with Gasteiger partial charge in [-0.25, -0.2) is 0 Å². The van der Waals surface area contributed by atoms with Crippen LogP contribution in [0.25, 0.3) is 6.08 Å². The molecule has 0 spiro atoms. The zero-order valence-electron chi connectivity index (χ0n) is 14.0. The minimum atomic E-state index is -2.95. The molecule has 1 heterocycles. The molecule has 0 saturated carbocycles. The first-order valence-corrected chi connectivity index (χ1v) is 8.84. The summed E-state index contributed by atoms with van der Waals surface area (Å²) in [4.78, 5) is 12.0. The maximum Gasteiger partial charge on any atom is 0.387 e. The number of hydrogen-bond acceptors (Lipinski definition) is 4. The SMILES string of the molecule is CC(C)n1c(CNC(=O)/C=C/c2cc(Br)ccc2OC(F)F)n[nH]c1=S. The maximum atomic E-state index is 12.5. The summed E-state index contributed by atoms with van der Waals surface area (Å²) in [7, 11) is 0. The standard InChI is InChI=1S/C16H17BrF2N4O2S/c1-9(2)23-13(21-22-16(23)26)8-20-14(24)6-3-10-7-11(17)4-5-12(10)25-15(18)19/h3-7,9,15H,8H2,1-2H3,(H,20,24)(H,22,26)/b6-3+. The maximum absolute atomic E-state index is 12.5. The number of halogens is 3. The van der Waals surface area contributed by atoms with Gasteiger partial charge in [0.05, 0.1) is 6.54 Å². The third kappa shape index (κ3) is 5.46. The monoisotopic (exact) mass is 446 g/mol. The number of aromatic amines is 1. The summed E-state index contributed by atoms with van der Waals surface area (Å²) in [5.74, 6) is 0.168. The van der Waals surface area contributed by atoms with Gasteiger partial charge in [0.25, 0.3) is 0 Å². The van der Waals surface area contributed by atoms with Crippen LogP contribution in [0.4, 0.5) is 8.78 Å². The Labute approximate surface area is 162 Å². The molecular formula is C16H17BrF2N4O2S. The molecule has 140 valence electrons. The molecule has 1 aromatic carbocycles. The second kappa shape index (κ2) is 9.04. The summed E-state index contributed by atoms with van der Waals surface area (Å²) in [5, 5.41) is 9.45. The Morgan fingerprint density at radius 1 is 1.50 bits per heavy atom. The number of carbonyl (C=O) groups excluding carboxylic acids is 1. The van der Waals surface area contributed by atoms with Crippen LogP contribution in [-0.4, -0.2) is 27.3 Å². The van der Waals surface area contributed by atoms with Crippen LogP contribution in [0.3, 0.4) is 0 Å². The van der Waals surface area contributed by atoms with Crippen LogP contribution in [0.15, 0.2) is 28.7 Å². The molecule has 0 fully saturated rings. The molecule has 0 radical (unpaired) electrons. The van der Waals surface area contributed by atoms with E-state index in [2.05, 4.69) is 36.2 Å². The second-order valence-corrected chi connectivity index (χ2v) is 6.82. The molecular weight excluding hydrogens is 430 g/mol. The van der Waals surface area contributed by atoms with E-state index in [1.165, 1.54) is 18.2 Å². The highest BCUT2D eigenvalue weighted by molar-refractivity contribution is 9.10. The predicted octanol–water partition coefficient (Wildman–Crippen LogP) is 4.22. The second-order valence-electron chi connectivity index (χ2n) is 5.52. The van der Waals surface area contributed by atoms with Crippen LogP contribution >= 0.6 is 28.1 Å². The Balaban J connectivity index is 2.06. The number of aromatic nitrogens is 3. The van der Waals surface area contributed by atoms with Crippen molar-refractivity contribution >= 4 is 40.1 Å². The minimum Gasteiger partial charge on any atom is -0.434 e. The zero-order chi connectivity index (χ0) is 19.3. The summed E-state index contributed by atoms with van der Waals surface area (Å²) >= 11 is 8.40. The van der Waals surface area contributed by atoms with E-state index in [0.29, 0.717) is 20.6 Å². The first-order chi connectivity index (χ1) is 12.3. The Morgan fingerprint density at radius 2 is 2.23 bits per heavy atom. The van der Waals surface area contributed by atoms with Crippen molar-refractivity contribution in [1.82, 2.24) is 20.1 Å². The predicted molar refractivity (Wildman–Crippen MR) is 99.5 cm³/mol. The fraction of sp³-hybridized carbons (Fsp3) is 0.312. The summed E-state index contributed by atoms with van der Waals surface area (Å²) in [5.41, 5.74) is 0.347. The van der Waals surface area contributed by atoms with E-state index < -0.39 is 12.5 Å². The van der Waals surface area contributed by atoms with Gasteiger partial charge in [0.2, 0.25) is 5.91 Å².